The molecule has 1 aromatic heterocycles. The molecule has 0 aliphatic carbocycles. The molecule has 0 bridgehead atoms. The molecular formula is C11H8F3N3O. The fourth-order valence-corrected chi connectivity index (χ4v) is 1.41. The van der Waals surface area contributed by atoms with E-state index in [9.17, 15) is 18.0 Å². The Kier molecular flexibility index (Phi) is 3.14. The number of alkyl halides is 3. The minimum atomic E-state index is -4.36. The standard InChI is InChI=1S/C11H8F3N3O/c12-11(13,14)8-1-3-10(4-2-8)17-7-9(5-6-18)15-16-17/h1-4,6-7H,5H2. The zero-order chi connectivity index (χ0) is 13.2. The SMILES string of the molecule is O=CCc1cn(-c2ccc(C(F)(F)F)cc2)nn1. The number of hydrogen-bond donors (Lipinski definition) is 0. The Labute approximate surface area is 100 Å². The molecule has 2 rings (SSSR count). The van der Waals surface area contributed by atoms with Gasteiger partial charge in [0.1, 0.15) is 6.29 Å². The molecule has 0 aliphatic heterocycles. The van der Waals surface area contributed by atoms with Gasteiger partial charge in [-0.15, -0.1) is 5.10 Å². The summed E-state index contributed by atoms with van der Waals surface area (Å²) in [5.74, 6) is 0. The largest absolute Gasteiger partial charge is 0.416 e. The van der Waals surface area contributed by atoms with Crippen LogP contribution >= 0.6 is 0 Å². The Morgan fingerprint density at radius 1 is 1.22 bits per heavy atom. The van der Waals surface area contributed by atoms with Gasteiger partial charge >= 0.3 is 6.18 Å². The molecule has 7 heteroatoms. The number of benzene rings is 1. The maximum absolute atomic E-state index is 12.4. The van der Waals surface area contributed by atoms with Crippen molar-refractivity contribution in [2.45, 2.75) is 12.6 Å². The molecular weight excluding hydrogens is 247 g/mol. The van der Waals surface area contributed by atoms with Crippen LogP contribution in [0, 0.1) is 0 Å². The second kappa shape index (κ2) is 4.59. The van der Waals surface area contributed by atoms with Crippen molar-refractivity contribution in [3.63, 3.8) is 0 Å². The van der Waals surface area contributed by atoms with Crippen LogP contribution in [0.4, 0.5) is 13.2 Å². The first-order valence-electron chi connectivity index (χ1n) is 5.03. The maximum Gasteiger partial charge on any atom is 0.416 e. The van der Waals surface area contributed by atoms with Crippen molar-refractivity contribution in [2.24, 2.45) is 0 Å². The van der Waals surface area contributed by atoms with Gasteiger partial charge in [0.25, 0.3) is 0 Å². The lowest BCUT2D eigenvalue weighted by atomic mass is 10.2. The summed E-state index contributed by atoms with van der Waals surface area (Å²) in [6.07, 6.45) is -2.05. The summed E-state index contributed by atoms with van der Waals surface area (Å²) in [5.41, 5.74) is 0.192. The van der Waals surface area contributed by atoms with E-state index >= 15 is 0 Å². The summed E-state index contributed by atoms with van der Waals surface area (Å²) in [4.78, 5) is 10.3. The molecule has 0 radical (unpaired) electrons. The number of nitrogens with zero attached hydrogens (tertiary/aromatic N) is 3. The summed E-state index contributed by atoms with van der Waals surface area (Å²) in [7, 11) is 0. The van der Waals surface area contributed by atoms with E-state index in [1.165, 1.54) is 23.0 Å². The van der Waals surface area contributed by atoms with Gasteiger partial charge in [0.2, 0.25) is 0 Å². The molecule has 4 nitrogen and oxygen atoms in total. The van der Waals surface area contributed by atoms with E-state index in [4.69, 9.17) is 0 Å². The van der Waals surface area contributed by atoms with Gasteiger partial charge in [0.05, 0.1) is 23.1 Å². The molecule has 0 spiro atoms. The van der Waals surface area contributed by atoms with E-state index in [0.29, 0.717) is 17.7 Å². The quantitative estimate of drug-likeness (QED) is 0.788. The Balaban J connectivity index is 2.25. The van der Waals surface area contributed by atoms with Gasteiger partial charge in [0, 0.05) is 6.42 Å². The second-order valence-corrected chi connectivity index (χ2v) is 3.57. The topological polar surface area (TPSA) is 47.8 Å². The molecule has 0 amide bonds. The van der Waals surface area contributed by atoms with Gasteiger partial charge in [0.15, 0.2) is 0 Å². The van der Waals surface area contributed by atoms with Gasteiger partial charge in [-0.05, 0) is 24.3 Å². The number of hydrogen-bond acceptors (Lipinski definition) is 3. The molecule has 0 saturated heterocycles. The van der Waals surface area contributed by atoms with Crippen LogP contribution in [-0.2, 0) is 17.4 Å². The third-order valence-electron chi connectivity index (χ3n) is 2.29. The highest BCUT2D eigenvalue weighted by atomic mass is 19.4. The number of aldehydes is 1. The molecule has 1 heterocycles. The smallest absolute Gasteiger partial charge is 0.303 e. The van der Waals surface area contributed by atoms with Gasteiger partial charge in [-0.25, -0.2) is 4.68 Å². The first-order valence-corrected chi connectivity index (χ1v) is 5.03. The highest BCUT2D eigenvalue weighted by molar-refractivity contribution is 5.53. The first kappa shape index (κ1) is 12.3. The predicted molar refractivity (Wildman–Crippen MR) is 56.1 cm³/mol. The zero-order valence-corrected chi connectivity index (χ0v) is 9.05. The number of aromatic nitrogens is 3. The number of halogens is 3. The number of carbonyl (C=O) groups excluding carboxylic acids is 1. The average Bonchev–Trinajstić information content (AvgIpc) is 2.77. The van der Waals surface area contributed by atoms with Crippen molar-refractivity contribution in [2.75, 3.05) is 0 Å². The molecule has 0 unspecified atom stereocenters. The van der Waals surface area contributed by atoms with E-state index in [0.717, 1.165) is 12.1 Å². The molecule has 0 atom stereocenters. The van der Waals surface area contributed by atoms with E-state index in [-0.39, 0.29) is 6.42 Å². The van der Waals surface area contributed by atoms with Crippen molar-refractivity contribution in [1.29, 1.82) is 0 Å². The minimum Gasteiger partial charge on any atom is -0.303 e. The third-order valence-corrected chi connectivity index (χ3v) is 2.29. The van der Waals surface area contributed by atoms with Crippen molar-refractivity contribution >= 4 is 6.29 Å². The van der Waals surface area contributed by atoms with Crippen molar-refractivity contribution in [3.05, 3.63) is 41.7 Å². The predicted octanol–water partition coefficient (Wildman–Crippen LogP) is 2.03. The molecule has 0 fully saturated rings. The molecule has 0 saturated carbocycles. The number of rotatable bonds is 3. The molecule has 2 aromatic rings. The molecule has 0 aliphatic rings. The lowest BCUT2D eigenvalue weighted by Gasteiger charge is -2.07. The molecule has 18 heavy (non-hydrogen) atoms. The van der Waals surface area contributed by atoms with Gasteiger partial charge in [-0.2, -0.15) is 13.2 Å². The fourth-order valence-electron chi connectivity index (χ4n) is 1.41. The Hall–Kier alpha value is -2.18. The highest BCUT2D eigenvalue weighted by Crippen LogP contribution is 2.29. The van der Waals surface area contributed by atoms with E-state index in [2.05, 4.69) is 10.3 Å². The summed E-state index contributed by atoms with van der Waals surface area (Å²) >= 11 is 0. The van der Waals surface area contributed by atoms with Crippen LogP contribution in [0.1, 0.15) is 11.3 Å². The minimum absolute atomic E-state index is 0.126. The van der Waals surface area contributed by atoms with Crippen LogP contribution in [-0.4, -0.2) is 21.3 Å². The van der Waals surface area contributed by atoms with Gasteiger partial charge in [-0.1, -0.05) is 5.21 Å². The Morgan fingerprint density at radius 2 is 1.89 bits per heavy atom. The van der Waals surface area contributed by atoms with Crippen LogP contribution in [0.25, 0.3) is 5.69 Å². The van der Waals surface area contributed by atoms with Crippen molar-refractivity contribution < 1.29 is 18.0 Å². The lowest BCUT2D eigenvalue weighted by Crippen LogP contribution is -2.05. The van der Waals surface area contributed by atoms with E-state index in [1.54, 1.807) is 0 Å². The van der Waals surface area contributed by atoms with Crippen LogP contribution in [0.3, 0.4) is 0 Å². The highest BCUT2D eigenvalue weighted by Gasteiger charge is 2.30. The second-order valence-electron chi connectivity index (χ2n) is 3.57. The van der Waals surface area contributed by atoms with Crippen LogP contribution in [0.5, 0.6) is 0 Å². The summed E-state index contributed by atoms with van der Waals surface area (Å²) in [5, 5.41) is 7.44. The van der Waals surface area contributed by atoms with Crippen LogP contribution < -0.4 is 0 Å². The van der Waals surface area contributed by atoms with E-state index in [1.807, 2.05) is 0 Å². The monoisotopic (exact) mass is 255 g/mol. The summed E-state index contributed by atoms with van der Waals surface area (Å²) < 4.78 is 38.4. The van der Waals surface area contributed by atoms with E-state index < -0.39 is 11.7 Å². The van der Waals surface area contributed by atoms with Gasteiger partial charge < -0.3 is 4.79 Å². The normalized spacial score (nSPS) is 11.5. The molecule has 1 aromatic carbocycles. The Bertz CT molecular complexity index is 545. The van der Waals surface area contributed by atoms with Gasteiger partial charge in [-0.3, -0.25) is 0 Å². The summed E-state index contributed by atoms with van der Waals surface area (Å²) in [6.45, 7) is 0. The lowest BCUT2D eigenvalue weighted by molar-refractivity contribution is -0.137. The molecule has 0 N–H and O–H groups in total. The summed E-state index contributed by atoms with van der Waals surface area (Å²) in [6, 6.07) is 4.53. The van der Waals surface area contributed by atoms with Crippen LogP contribution in [0.15, 0.2) is 30.5 Å². The fraction of sp³-hybridized carbons (Fsp3) is 0.182. The first-order chi connectivity index (χ1) is 8.50. The molecule has 94 valence electrons. The van der Waals surface area contributed by atoms with Crippen molar-refractivity contribution in [1.82, 2.24) is 15.0 Å². The zero-order valence-electron chi connectivity index (χ0n) is 9.05. The van der Waals surface area contributed by atoms with Crippen molar-refractivity contribution in [3.8, 4) is 5.69 Å². The van der Waals surface area contributed by atoms with Crippen LogP contribution in [0.2, 0.25) is 0 Å². The number of carbonyl (C=O) groups is 1. The third kappa shape index (κ3) is 2.55. The maximum atomic E-state index is 12.4. The Morgan fingerprint density at radius 3 is 2.44 bits per heavy atom. The average molecular weight is 255 g/mol.